The van der Waals surface area contributed by atoms with Crippen molar-refractivity contribution in [3.8, 4) is 79.0 Å². The molecule has 0 N–H and O–H groups in total. The van der Waals surface area contributed by atoms with E-state index in [1.807, 2.05) is 18.2 Å². The van der Waals surface area contributed by atoms with Crippen LogP contribution in [0, 0.1) is 0 Å². The van der Waals surface area contributed by atoms with Crippen molar-refractivity contribution in [3.05, 3.63) is 222 Å². The van der Waals surface area contributed by atoms with Crippen LogP contribution in [0.3, 0.4) is 0 Å². The maximum atomic E-state index is 7.02. The fourth-order valence-electron chi connectivity index (χ4n) is 8.75. The van der Waals surface area contributed by atoms with Gasteiger partial charge >= 0.3 is 0 Å². The van der Waals surface area contributed by atoms with Gasteiger partial charge in [0.1, 0.15) is 11.5 Å². The van der Waals surface area contributed by atoms with E-state index < -0.39 is 5.41 Å². The summed E-state index contributed by atoms with van der Waals surface area (Å²) in [7, 11) is 0. The third kappa shape index (κ3) is 4.96. The summed E-state index contributed by atoms with van der Waals surface area (Å²) in [4.78, 5) is 15.7. The highest BCUT2D eigenvalue weighted by molar-refractivity contribution is 5.90. The summed E-state index contributed by atoms with van der Waals surface area (Å²) in [6, 6.07) is 70.1. The van der Waals surface area contributed by atoms with Gasteiger partial charge < -0.3 is 4.74 Å². The number of aromatic nitrogens is 3. The van der Waals surface area contributed by atoms with Gasteiger partial charge in [0.25, 0.3) is 0 Å². The first-order valence-electron chi connectivity index (χ1n) is 18.9. The van der Waals surface area contributed by atoms with Crippen molar-refractivity contribution in [2.75, 3.05) is 0 Å². The highest BCUT2D eigenvalue weighted by atomic mass is 16.5. The molecule has 4 nitrogen and oxygen atoms in total. The number of hydrogen-bond acceptors (Lipinski definition) is 4. The van der Waals surface area contributed by atoms with Crippen LogP contribution in [-0.4, -0.2) is 15.0 Å². The fourth-order valence-corrected chi connectivity index (χ4v) is 8.75. The molecule has 1 spiro atoms. The molecule has 262 valence electrons. The van der Waals surface area contributed by atoms with Crippen molar-refractivity contribution < 1.29 is 4.74 Å². The Morgan fingerprint density at radius 3 is 1.30 bits per heavy atom. The van der Waals surface area contributed by atoms with Gasteiger partial charge in [0.15, 0.2) is 17.5 Å². The van der Waals surface area contributed by atoms with E-state index in [1.165, 1.54) is 22.3 Å². The molecule has 11 rings (SSSR count). The molecule has 56 heavy (non-hydrogen) atoms. The van der Waals surface area contributed by atoms with Gasteiger partial charge in [-0.15, -0.1) is 0 Å². The number of ether oxygens (including phenoxy) is 1. The molecule has 2 aliphatic rings. The second-order valence-corrected chi connectivity index (χ2v) is 14.3. The first kappa shape index (κ1) is 32.0. The van der Waals surface area contributed by atoms with Gasteiger partial charge in [0.05, 0.1) is 11.0 Å². The van der Waals surface area contributed by atoms with Crippen molar-refractivity contribution in [2.24, 2.45) is 0 Å². The minimum absolute atomic E-state index is 0.547. The Morgan fingerprint density at radius 1 is 0.304 bits per heavy atom. The SMILES string of the molecule is c1ccc(-c2cccc(-c3nc(-c4cccc(-c5ccccc5)c4)nc(-c4cccc5c4Oc4ccccc4C54c5ccccc5-c5ccccc54)n3)c2)cc1. The van der Waals surface area contributed by atoms with Crippen LogP contribution in [0.25, 0.3) is 67.5 Å². The van der Waals surface area contributed by atoms with E-state index in [-0.39, 0.29) is 0 Å². The van der Waals surface area contributed by atoms with Gasteiger partial charge in [0, 0.05) is 22.3 Å². The lowest BCUT2D eigenvalue weighted by molar-refractivity contribution is 0.437. The first-order chi connectivity index (χ1) is 27.8. The standard InChI is InChI=1S/C52H33N3O/c1-3-16-34(17-4-1)36-20-13-22-38(32-36)49-53-50(39-23-14-21-37(33-39)35-18-5-2-6-19-35)55-51(54-49)42-26-15-30-46-48(42)56-47-31-12-11-29-45(47)52(46)43-27-9-7-24-40(43)41-25-8-10-28-44(41)52/h1-33H. The van der Waals surface area contributed by atoms with Crippen molar-refractivity contribution in [2.45, 2.75) is 5.41 Å². The molecule has 0 amide bonds. The highest BCUT2D eigenvalue weighted by Crippen LogP contribution is 2.63. The first-order valence-corrected chi connectivity index (χ1v) is 18.9. The van der Waals surface area contributed by atoms with Gasteiger partial charge in [-0.2, -0.15) is 0 Å². The molecule has 0 saturated heterocycles. The Morgan fingerprint density at radius 2 is 0.714 bits per heavy atom. The van der Waals surface area contributed by atoms with Gasteiger partial charge in [-0.05, 0) is 68.8 Å². The minimum atomic E-state index is -0.597. The van der Waals surface area contributed by atoms with E-state index in [0.29, 0.717) is 17.5 Å². The van der Waals surface area contributed by atoms with Gasteiger partial charge in [-0.25, -0.2) is 15.0 Å². The lowest BCUT2D eigenvalue weighted by atomic mass is 9.66. The minimum Gasteiger partial charge on any atom is -0.456 e. The van der Waals surface area contributed by atoms with Gasteiger partial charge in [0.2, 0.25) is 0 Å². The third-order valence-electron chi connectivity index (χ3n) is 11.2. The number of hydrogen-bond donors (Lipinski definition) is 0. The smallest absolute Gasteiger partial charge is 0.167 e. The molecule has 1 aliphatic carbocycles. The molecule has 0 fully saturated rings. The topological polar surface area (TPSA) is 47.9 Å². The van der Waals surface area contributed by atoms with Crippen LogP contribution in [0.2, 0.25) is 0 Å². The Bertz CT molecular complexity index is 2810. The molecular formula is C52H33N3O. The summed E-state index contributed by atoms with van der Waals surface area (Å²) in [5.74, 6) is 3.29. The zero-order chi connectivity index (χ0) is 37.1. The summed E-state index contributed by atoms with van der Waals surface area (Å²) >= 11 is 0. The average Bonchev–Trinajstić information content (AvgIpc) is 3.57. The Labute approximate surface area is 325 Å². The molecular weight excluding hydrogens is 683 g/mol. The molecule has 0 saturated carbocycles. The fraction of sp³-hybridized carbons (Fsp3) is 0.0192. The number of fused-ring (bicyclic) bond motifs is 9. The van der Waals surface area contributed by atoms with E-state index in [2.05, 4.69) is 182 Å². The summed E-state index contributed by atoms with van der Waals surface area (Å²) < 4.78 is 7.02. The summed E-state index contributed by atoms with van der Waals surface area (Å²) in [5.41, 5.74) is 13.6. The van der Waals surface area contributed by atoms with Gasteiger partial charge in [-0.3, -0.25) is 0 Å². The Hall–Kier alpha value is -7.43. The zero-order valence-electron chi connectivity index (χ0n) is 30.3. The largest absolute Gasteiger partial charge is 0.456 e. The van der Waals surface area contributed by atoms with Crippen LogP contribution in [0.1, 0.15) is 22.3 Å². The number of para-hydroxylation sites is 2. The van der Waals surface area contributed by atoms with E-state index in [4.69, 9.17) is 19.7 Å². The van der Waals surface area contributed by atoms with E-state index in [1.54, 1.807) is 0 Å². The molecule has 1 aromatic heterocycles. The number of benzene rings is 8. The molecule has 0 radical (unpaired) electrons. The van der Waals surface area contributed by atoms with Crippen LogP contribution in [-0.2, 0) is 5.41 Å². The van der Waals surface area contributed by atoms with Crippen molar-refractivity contribution in [1.82, 2.24) is 15.0 Å². The van der Waals surface area contributed by atoms with Crippen LogP contribution in [0.4, 0.5) is 0 Å². The number of rotatable bonds is 5. The third-order valence-corrected chi connectivity index (χ3v) is 11.2. The number of nitrogens with zero attached hydrogens (tertiary/aromatic N) is 3. The highest BCUT2D eigenvalue weighted by Gasteiger charge is 2.51. The summed E-state index contributed by atoms with van der Waals surface area (Å²) in [6.07, 6.45) is 0. The Balaban J connectivity index is 1.16. The second kappa shape index (κ2) is 12.9. The average molecular weight is 716 g/mol. The predicted molar refractivity (Wildman–Crippen MR) is 224 cm³/mol. The van der Waals surface area contributed by atoms with E-state index in [0.717, 1.165) is 61.6 Å². The second-order valence-electron chi connectivity index (χ2n) is 14.3. The zero-order valence-corrected chi connectivity index (χ0v) is 30.3. The van der Waals surface area contributed by atoms with E-state index >= 15 is 0 Å². The molecule has 0 unspecified atom stereocenters. The summed E-state index contributed by atoms with van der Waals surface area (Å²) in [5, 5.41) is 0. The van der Waals surface area contributed by atoms with Crippen molar-refractivity contribution >= 4 is 0 Å². The Kier molecular flexibility index (Phi) is 7.36. The monoisotopic (exact) mass is 715 g/mol. The normalized spacial score (nSPS) is 12.9. The van der Waals surface area contributed by atoms with Crippen molar-refractivity contribution in [1.29, 1.82) is 0 Å². The predicted octanol–water partition coefficient (Wildman–Crippen LogP) is 12.7. The lowest BCUT2D eigenvalue weighted by Crippen LogP contribution is -2.32. The maximum Gasteiger partial charge on any atom is 0.167 e. The molecule has 0 bridgehead atoms. The lowest BCUT2D eigenvalue weighted by Gasteiger charge is -2.39. The van der Waals surface area contributed by atoms with Crippen LogP contribution in [0.5, 0.6) is 11.5 Å². The molecule has 1 aliphatic heterocycles. The van der Waals surface area contributed by atoms with Crippen LogP contribution >= 0.6 is 0 Å². The van der Waals surface area contributed by atoms with Crippen LogP contribution in [0.15, 0.2) is 200 Å². The summed E-state index contributed by atoms with van der Waals surface area (Å²) in [6.45, 7) is 0. The molecule has 8 aromatic carbocycles. The molecule has 0 atom stereocenters. The van der Waals surface area contributed by atoms with Crippen molar-refractivity contribution in [3.63, 3.8) is 0 Å². The molecule has 2 heterocycles. The quantitative estimate of drug-likeness (QED) is 0.178. The maximum absolute atomic E-state index is 7.02. The van der Waals surface area contributed by atoms with E-state index in [9.17, 15) is 0 Å². The van der Waals surface area contributed by atoms with Gasteiger partial charge in [-0.1, -0.05) is 176 Å². The molecule has 9 aromatic rings. The van der Waals surface area contributed by atoms with Crippen LogP contribution < -0.4 is 4.74 Å². The molecule has 4 heteroatoms.